The molecule has 5 heteroatoms. The van der Waals surface area contributed by atoms with E-state index in [1.54, 1.807) is 12.3 Å². The van der Waals surface area contributed by atoms with Crippen LogP contribution in [0.1, 0.15) is 45.8 Å². The zero-order chi connectivity index (χ0) is 16.2. The second kappa shape index (κ2) is 6.84. The third-order valence-corrected chi connectivity index (χ3v) is 4.42. The van der Waals surface area contributed by atoms with Crippen LogP contribution in [0, 0.1) is 11.3 Å². The van der Waals surface area contributed by atoms with Crippen molar-refractivity contribution in [3.8, 4) is 0 Å². The van der Waals surface area contributed by atoms with Crippen LogP contribution in [0.2, 0.25) is 0 Å². The molecule has 0 aromatic carbocycles. The van der Waals surface area contributed by atoms with Crippen LogP contribution in [0.5, 0.6) is 0 Å². The lowest BCUT2D eigenvalue weighted by atomic mass is 9.64. The van der Waals surface area contributed by atoms with E-state index in [-0.39, 0.29) is 30.0 Å². The molecule has 124 valence electrons. The number of carbonyl (C=O) groups excluding carboxylic acids is 1. The van der Waals surface area contributed by atoms with Crippen LogP contribution < -0.4 is 10.6 Å². The molecule has 2 atom stereocenters. The number of rotatable bonds is 6. The van der Waals surface area contributed by atoms with Crippen molar-refractivity contribution in [2.24, 2.45) is 11.3 Å². The summed E-state index contributed by atoms with van der Waals surface area (Å²) >= 11 is 0. The van der Waals surface area contributed by atoms with E-state index in [9.17, 15) is 9.90 Å². The first-order chi connectivity index (χ1) is 10.3. The SMILES string of the molecule is C[C@H]1CC(C)(C)C[C@](CO)(NCC(=O)NCc2ccco2)C1. The van der Waals surface area contributed by atoms with Gasteiger partial charge in [0.1, 0.15) is 5.76 Å². The Morgan fingerprint density at radius 1 is 1.45 bits per heavy atom. The molecule has 1 aromatic rings. The van der Waals surface area contributed by atoms with Crippen molar-refractivity contribution in [2.45, 2.75) is 52.1 Å². The van der Waals surface area contributed by atoms with Gasteiger partial charge < -0.3 is 20.2 Å². The van der Waals surface area contributed by atoms with Gasteiger partial charge in [0.05, 0.1) is 26.0 Å². The molecule has 2 rings (SSSR count). The van der Waals surface area contributed by atoms with Crippen LogP contribution in [-0.2, 0) is 11.3 Å². The Balaban J connectivity index is 1.86. The first-order valence-electron chi connectivity index (χ1n) is 7.99. The van der Waals surface area contributed by atoms with Crippen molar-refractivity contribution < 1.29 is 14.3 Å². The largest absolute Gasteiger partial charge is 0.467 e. The normalized spacial score (nSPS) is 27.5. The summed E-state index contributed by atoms with van der Waals surface area (Å²) in [4.78, 5) is 12.0. The van der Waals surface area contributed by atoms with Crippen LogP contribution in [0.3, 0.4) is 0 Å². The summed E-state index contributed by atoms with van der Waals surface area (Å²) in [7, 11) is 0. The molecule has 0 bridgehead atoms. The molecule has 1 heterocycles. The Morgan fingerprint density at radius 3 is 2.82 bits per heavy atom. The van der Waals surface area contributed by atoms with E-state index in [4.69, 9.17) is 4.42 Å². The number of carbonyl (C=O) groups is 1. The lowest BCUT2D eigenvalue weighted by Gasteiger charge is -2.47. The molecular formula is C17H28N2O3. The Hall–Kier alpha value is -1.33. The lowest BCUT2D eigenvalue weighted by molar-refractivity contribution is -0.121. The Bertz CT molecular complexity index is 484. The van der Waals surface area contributed by atoms with Crippen LogP contribution in [0.15, 0.2) is 22.8 Å². The number of aliphatic hydroxyl groups is 1. The van der Waals surface area contributed by atoms with Gasteiger partial charge in [-0.25, -0.2) is 0 Å². The Morgan fingerprint density at radius 2 is 2.23 bits per heavy atom. The molecule has 0 unspecified atom stereocenters. The molecule has 1 aliphatic carbocycles. The quantitative estimate of drug-likeness (QED) is 0.752. The maximum Gasteiger partial charge on any atom is 0.234 e. The van der Waals surface area contributed by atoms with E-state index in [1.807, 2.05) is 6.07 Å². The van der Waals surface area contributed by atoms with Crippen molar-refractivity contribution in [3.05, 3.63) is 24.2 Å². The highest BCUT2D eigenvalue weighted by Crippen LogP contribution is 2.43. The molecule has 0 radical (unpaired) electrons. The van der Waals surface area contributed by atoms with Crippen molar-refractivity contribution in [2.75, 3.05) is 13.2 Å². The molecule has 3 N–H and O–H groups in total. The number of amides is 1. The second-order valence-corrected chi connectivity index (χ2v) is 7.50. The highest BCUT2D eigenvalue weighted by atomic mass is 16.3. The summed E-state index contributed by atoms with van der Waals surface area (Å²) in [6, 6.07) is 3.63. The fraction of sp³-hybridized carbons (Fsp3) is 0.706. The van der Waals surface area contributed by atoms with Crippen LogP contribution in [-0.4, -0.2) is 29.7 Å². The average Bonchev–Trinajstić information content (AvgIpc) is 2.94. The summed E-state index contributed by atoms with van der Waals surface area (Å²) in [6.07, 6.45) is 4.53. The third kappa shape index (κ3) is 4.58. The number of nitrogens with one attached hydrogen (secondary N) is 2. The molecule has 22 heavy (non-hydrogen) atoms. The maximum absolute atomic E-state index is 12.0. The fourth-order valence-electron chi connectivity index (χ4n) is 3.98. The van der Waals surface area contributed by atoms with Gasteiger partial charge in [-0.15, -0.1) is 0 Å². The van der Waals surface area contributed by atoms with E-state index in [0.29, 0.717) is 12.5 Å². The van der Waals surface area contributed by atoms with Gasteiger partial charge in [-0.1, -0.05) is 20.8 Å². The summed E-state index contributed by atoms with van der Waals surface area (Å²) in [5.74, 6) is 1.19. The second-order valence-electron chi connectivity index (χ2n) is 7.50. The van der Waals surface area contributed by atoms with Gasteiger partial charge in [-0.3, -0.25) is 4.79 Å². The Kier molecular flexibility index (Phi) is 5.29. The predicted molar refractivity (Wildman–Crippen MR) is 85.2 cm³/mol. The fourth-order valence-corrected chi connectivity index (χ4v) is 3.98. The Labute approximate surface area is 132 Å². The van der Waals surface area contributed by atoms with Gasteiger partial charge in [-0.2, -0.15) is 0 Å². The van der Waals surface area contributed by atoms with Gasteiger partial charge >= 0.3 is 0 Å². The molecule has 0 spiro atoms. The van der Waals surface area contributed by atoms with Crippen molar-refractivity contribution >= 4 is 5.91 Å². The summed E-state index contributed by atoms with van der Waals surface area (Å²) in [5.41, 5.74) is -0.179. The van der Waals surface area contributed by atoms with E-state index in [0.717, 1.165) is 25.0 Å². The predicted octanol–water partition coefficient (Wildman–Crippen LogP) is 2.06. The van der Waals surface area contributed by atoms with E-state index in [1.165, 1.54) is 0 Å². The summed E-state index contributed by atoms with van der Waals surface area (Å²) in [6.45, 7) is 7.33. The lowest BCUT2D eigenvalue weighted by Crippen LogP contribution is -2.57. The maximum atomic E-state index is 12.0. The minimum Gasteiger partial charge on any atom is -0.467 e. The summed E-state index contributed by atoms with van der Waals surface area (Å²) in [5, 5.41) is 16.0. The average molecular weight is 308 g/mol. The number of hydrogen-bond acceptors (Lipinski definition) is 4. The molecule has 1 saturated carbocycles. The highest BCUT2D eigenvalue weighted by Gasteiger charge is 2.42. The third-order valence-electron chi connectivity index (χ3n) is 4.42. The van der Waals surface area contributed by atoms with Crippen LogP contribution in [0.25, 0.3) is 0 Å². The van der Waals surface area contributed by atoms with Crippen molar-refractivity contribution in [1.29, 1.82) is 0 Å². The minimum atomic E-state index is -0.358. The zero-order valence-corrected chi connectivity index (χ0v) is 13.8. The molecule has 1 aliphatic rings. The zero-order valence-electron chi connectivity index (χ0n) is 13.8. The molecule has 1 fully saturated rings. The monoisotopic (exact) mass is 308 g/mol. The number of furan rings is 1. The van der Waals surface area contributed by atoms with Crippen molar-refractivity contribution in [3.63, 3.8) is 0 Å². The van der Waals surface area contributed by atoms with Gasteiger partial charge in [0.2, 0.25) is 5.91 Å². The van der Waals surface area contributed by atoms with Crippen molar-refractivity contribution in [1.82, 2.24) is 10.6 Å². The van der Waals surface area contributed by atoms with Crippen LogP contribution >= 0.6 is 0 Å². The summed E-state index contributed by atoms with van der Waals surface area (Å²) < 4.78 is 5.19. The molecule has 5 nitrogen and oxygen atoms in total. The highest BCUT2D eigenvalue weighted by molar-refractivity contribution is 5.78. The van der Waals surface area contributed by atoms with Gasteiger partial charge in [-0.05, 0) is 42.7 Å². The van der Waals surface area contributed by atoms with E-state index >= 15 is 0 Å². The minimum absolute atomic E-state index is 0.0617. The van der Waals surface area contributed by atoms with Crippen LogP contribution in [0.4, 0.5) is 0 Å². The number of hydrogen-bond donors (Lipinski definition) is 3. The van der Waals surface area contributed by atoms with E-state index < -0.39 is 0 Å². The van der Waals surface area contributed by atoms with E-state index in [2.05, 4.69) is 31.4 Å². The topological polar surface area (TPSA) is 74.5 Å². The standard InChI is InChI=1S/C17H28N2O3/c1-13-7-16(2,3)11-17(8-13,12-20)19-10-15(21)18-9-14-5-4-6-22-14/h4-6,13,19-20H,7-12H2,1-3H3,(H,18,21)/t13-,17+/m0/s1. The number of aliphatic hydroxyl groups excluding tert-OH is 1. The molecule has 1 amide bonds. The van der Waals surface area contributed by atoms with Gasteiger partial charge in [0.25, 0.3) is 0 Å². The van der Waals surface area contributed by atoms with Gasteiger partial charge in [0, 0.05) is 5.54 Å². The first-order valence-corrected chi connectivity index (χ1v) is 7.99. The first kappa shape index (κ1) is 17.0. The molecule has 0 aliphatic heterocycles. The molecule has 0 saturated heterocycles. The molecule has 1 aromatic heterocycles. The molecular weight excluding hydrogens is 280 g/mol. The smallest absolute Gasteiger partial charge is 0.234 e. The van der Waals surface area contributed by atoms with Gasteiger partial charge in [0.15, 0.2) is 0 Å².